The Kier molecular flexibility index (Phi) is 4.39. The summed E-state index contributed by atoms with van der Waals surface area (Å²) >= 11 is 0. The molecular formula is C15H13F4N. The second-order valence-electron chi connectivity index (χ2n) is 4.54. The smallest absolute Gasteiger partial charge is 0.127 e. The summed E-state index contributed by atoms with van der Waals surface area (Å²) in [6.45, 7) is 1.74. The Morgan fingerprint density at radius 3 is 2.20 bits per heavy atom. The van der Waals surface area contributed by atoms with E-state index in [0.717, 1.165) is 24.3 Å². The zero-order valence-electron chi connectivity index (χ0n) is 10.8. The Morgan fingerprint density at radius 2 is 1.55 bits per heavy atom. The van der Waals surface area contributed by atoms with Crippen LogP contribution in [0.3, 0.4) is 0 Å². The summed E-state index contributed by atoms with van der Waals surface area (Å²) in [6.07, 6.45) is 0. The van der Waals surface area contributed by atoms with Crippen molar-refractivity contribution in [2.45, 2.75) is 19.5 Å². The molecule has 1 nitrogen and oxygen atoms in total. The van der Waals surface area contributed by atoms with Gasteiger partial charge in [0.05, 0.1) is 0 Å². The van der Waals surface area contributed by atoms with Gasteiger partial charge in [0.2, 0.25) is 0 Å². The van der Waals surface area contributed by atoms with Crippen LogP contribution in [0, 0.1) is 23.3 Å². The zero-order valence-corrected chi connectivity index (χ0v) is 10.8. The van der Waals surface area contributed by atoms with E-state index in [2.05, 4.69) is 5.32 Å². The van der Waals surface area contributed by atoms with E-state index in [1.54, 1.807) is 6.92 Å². The van der Waals surface area contributed by atoms with Crippen LogP contribution in [0.5, 0.6) is 0 Å². The molecule has 0 saturated carbocycles. The molecular weight excluding hydrogens is 270 g/mol. The molecule has 1 unspecified atom stereocenters. The quantitative estimate of drug-likeness (QED) is 0.833. The average Bonchev–Trinajstić information content (AvgIpc) is 2.38. The number of halogens is 4. The summed E-state index contributed by atoms with van der Waals surface area (Å²) in [5.41, 5.74) is 0.563. The highest BCUT2D eigenvalue weighted by molar-refractivity contribution is 5.22. The number of hydrogen-bond acceptors (Lipinski definition) is 1. The van der Waals surface area contributed by atoms with Gasteiger partial charge in [0.1, 0.15) is 23.3 Å². The summed E-state index contributed by atoms with van der Waals surface area (Å²) in [7, 11) is 0. The Balaban J connectivity index is 2.08. The Bertz CT molecular complexity index is 593. The van der Waals surface area contributed by atoms with Crippen molar-refractivity contribution in [3.05, 3.63) is 70.8 Å². The third kappa shape index (κ3) is 3.57. The first-order valence-electron chi connectivity index (χ1n) is 6.09. The first-order chi connectivity index (χ1) is 9.45. The lowest BCUT2D eigenvalue weighted by Crippen LogP contribution is -2.19. The van der Waals surface area contributed by atoms with Crippen LogP contribution in [0.1, 0.15) is 24.1 Å². The molecule has 2 aromatic carbocycles. The standard InChI is InChI=1S/C15H13F4N/c1-9(10-4-13(17)7-14(18)5-10)20-8-11-6-12(16)2-3-15(11)19/h2-7,9,20H,8H2,1H3. The van der Waals surface area contributed by atoms with Gasteiger partial charge in [0, 0.05) is 24.2 Å². The molecule has 0 fully saturated rings. The van der Waals surface area contributed by atoms with Crippen LogP contribution < -0.4 is 5.32 Å². The van der Waals surface area contributed by atoms with E-state index in [1.165, 1.54) is 12.1 Å². The molecule has 0 amide bonds. The third-order valence-electron chi connectivity index (χ3n) is 2.99. The van der Waals surface area contributed by atoms with Crippen molar-refractivity contribution in [3.63, 3.8) is 0 Å². The third-order valence-corrected chi connectivity index (χ3v) is 2.99. The fourth-order valence-corrected chi connectivity index (χ4v) is 1.88. The van der Waals surface area contributed by atoms with Crippen molar-refractivity contribution < 1.29 is 17.6 Å². The van der Waals surface area contributed by atoms with Gasteiger partial charge in [-0.05, 0) is 42.8 Å². The van der Waals surface area contributed by atoms with Gasteiger partial charge in [-0.2, -0.15) is 0 Å². The molecule has 0 heterocycles. The lowest BCUT2D eigenvalue weighted by Gasteiger charge is -2.15. The summed E-state index contributed by atoms with van der Waals surface area (Å²) in [5, 5.41) is 2.90. The molecule has 1 atom stereocenters. The summed E-state index contributed by atoms with van der Waals surface area (Å²) < 4.78 is 52.6. The highest BCUT2D eigenvalue weighted by Gasteiger charge is 2.10. The summed E-state index contributed by atoms with van der Waals surface area (Å²) in [5.74, 6) is -2.42. The highest BCUT2D eigenvalue weighted by atomic mass is 19.1. The highest BCUT2D eigenvalue weighted by Crippen LogP contribution is 2.17. The second kappa shape index (κ2) is 6.05. The molecule has 0 bridgehead atoms. The van der Waals surface area contributed by atoms with Crippen LogP contribution in [0.4, 0.5) is 17.6 Å². The Labute approximate surface area is 114 Å². The summed E-state index contributed by atoms with van der Waals surface area (Å²) in [4.78, 5) is 0. The minimum atomic E-state index is -0.675. The van der Waals surface area contributed by atoms with E-state index in [9.17, 15) is 17.6 Å². The van der Waals surface area contributed by atoms with Crippen molar-refractivity contribution >= 4 is 0 Å². The number of benzene rings is 2. The largest absolute Gasteiger partial charge is 0.306 e. The summed E-state index contributed by atoms with van der Waals surface area (Å²) in [6, 6.07) is 5.93. The van der Waals surface area contributed by atoms with Gasteiger partial charge in [0.25, 0.3) is 0 Å². The molecule has 2 rings (SSSR count). The maximum atomic E-state index is 13.4. The molecule has 1 N–H and O–H groups in total. The SMILES string of the molecule is CC(NCc1cc(F)ccc1F)c1cc(F)cc(F)c1. The van der Waals surface area contributed by atoms with Crippen LogP contribution in [0.15, 0.2) is 36.4 Å². The van der Waals surface area contributed by atoms with Gasteiger partial charge in [-0.3, -0.25) is 0 Å². The van der Waals surface area contributed by atoms with Crippen LogP contribution in [0.2, 0.25) is 0 Å². The number of rotatable bonds is 4. The maximum Gasteiger partial charge on any atom is 0.127 e. The van der Waals surface area contributed by atoms with E-state index >= 15 is 0 Å². The van der Waals surface area contributed by atoms with Gasteiger partial charge in [-0.25, -0.2) is 17.6 Å². The van der Waals surface area contributed by atoms with E-state index in [4.69, 9.17) is 0 Å². The molecule has 0 radical (unpaired) electrons. The molecule has 2 aromatic rings. The maximum absolute atomic E-state index is 13.4. The molecule has 0 spiro atoms. The molecule has 0 aliphatic heterocycles. The fourth-order valence-electron chi connectivity index (χ4n) is 1.88. The Hall–Kier alpha value is -1.88. The zero-order chi connectivity index (χ0) is 14.7. The first-order valence-corrected chi connectivity index (χ1v) is 6.09. The van der Waals surface area contributed by atoms with E-state index in [-0.39, 0.29) is 12.1 Å². The van der Waals surface area contributed by atoms with Crippen molar-refractivity contribution in [1.29, 1.82) is 0 Å². The second-order valence-corrected chi connectivity index (χ2v) is 4.54. The van der Waals surface area contributed by atoms with Crippen molar-refractivity contribution in [2.75, 3.05) is 0 Å². The molecule has 5 heteroatoms. The predicted octanol–water partition coefficient (Wildman–Crippen LogP) is 4.09. The lowest BCUT2D eigenvalue weighted by atomic mass is 10.1. The number of nitrogens with one attached hydrogen (secondary N) is 1. The minimum absolute atomic E-state index is 0.0584. The fraction of sp³-hybridized carbons (Fsp3) is 0.200. The Morgan fingerprint density at radius 1 is 0.900 bits per heavy atom. The lowest BCUT2D eigenvalue weighted by molar-refractivity contribution is 0.525. The van der Waals surface area contributed by atoms with Gasteiger partial charge in [-0.1, -0.05) is 0 Å². The molecule has 106 valence electrons. The van der Waals surface area contributed by atoms with Crippen LogP contribution in [0.25, 0.3) is 0 Å². The molecule has 20 heavy (non-hydrogen) atoms. The van der Waals surface area contributed by atoms with Crippen molar-refractivity contribution in [3.8, 4) is 0 Å². The van der Waals surface area contributed by atoms with Crippen molar-refractivity contribution in [1.82, 2.24) is 5.32 Å². The topological polar surface area (TPSA) is 12.0 Å². The van der Waals surface area contributed by atoms with E-state index in [0.29, 0.717) is 5.56 Å². The van der Waals surface area contributed by atoms with Gasteiger partial charge in [0.15, 0.2) is 0 Å². The molecule has 0 aliphatic rings. The van der Waals surface area contributed by atoms with Gasteiger partial charge < -0.3 is 5.32 Å². The first kappa shape index (κ1) is 14.5. The van der Waals surface area contributed by atoms with Gasteiger partial charge in [-0.15, -0.1) is 0 Å². The predicted molar refractivity (Wildman–Crippen MR) is 68.0 cm³/mol. The molecule has 0 aliphatic carbocycles. The van der Waals surface area contributed by atoms with Crippen LogP contribution in [-0.2, 0) is 6.54 Å². The normalized spacial score (nSPS) is 12.4. The molecule has 0 aromatic heterocycles. The monoisotopic (exact) mass is 283 g/mol. The van der Waals surface area contributed by atoms with Crippen LogP contribution >= 0.6 is 0 Å². The average molecular weight is 283 g/mol. The van der Waals surface area contributed by atoms with Gasteiger partial charge >= 0.3 is 0 Å². The van der Waals surface area contributed by atoms with Crippen LogP contribution in [-0.4, -0.2) is 0 Å². The number of hydrogen-bond donors (Lipinski definition) is 1. The minimum Gasteiger partial charge on any atom is -0.306 e. The van der Waals surface area contributed by atoms with Crippen molar-refractivity contribution in [2.24, 2.45) is 0 Å². The van der Waals surface area contributed by atoms with E-state index < -0.39 is 29.3 Å². The molecule has 0 saturated heterocycles. The van der Waals surface area contributed by atoms with E-state index in [1.807, 2.05) is 0 Å².